The Hall–Kier alpha value is -3.91. The van der Waals surface area contributed by atoms with Crippen LogP contribution < -0.4 is 0 Å². The first kappa shape index (κ1) is 26.3. The first-order chi connectivity index (χ1) is 19.4. The van der Waals surface area contributed by atoms with Gasteiger partial charge >= 0.3 is 0 Å². The van der Waals surface area contributed by atoms with E-state index in [1.807, 2.05) is 26.0 Å². The van der Waals surface area contributed by atoms with E-state index in [-0.39, 0.29) is 6.04 Å². The van der Waals surface area contributed by atoms with Gasteiger partial charge in [0.2, 0.25) is 0 Å². The van der Waals surface area contributed by atoms with Crippen LogP contribution in [0.2, 0.25) is 0 Å². The lowest BCUT2D eigenvalue weighted by Crippen LogP contribution is -2.23. The number of nitrogens with zero attached hydrogens (tertiary/aromatic N) is 6. The number of H-pyrrole nitrogens is 1. The van der Waals surface area contributed by atoms with Crippen molar-refractivity contribution in [3.8, 4) is 22.5 Å². The van der Waals surface area contributed by atoms with E-state index >= 15 is 0 Å². The largest absolute Gasteiger partial charge is 0.390 e. The van der Waals surface area contributed by atoms with Crippen LogP contribution in [0.1, 0.15) is 80.7 Å². The van der Waals surface area contributed by atoms with Gasteiger partial charge in [-0.2, -0.15) is 0 Å². The lowest BCUT2D eigenvalue weighted by atomic mass is 9.95. The SMILES string of the molecule is CCCc1nc2c(C)cc(CCC(C)(O)CC)nc2n1[C@H]1CCc2cc(-c3ccccc3-c3nnn[nH]3)ccc21. The Balaban J connectivity index is 1.40. The van der Waals surface area contributed by atoms with Crippen LogP contribution in [-0.4, -0.2) is 45.9 Å². The number of hydrogen-bond donors (Lipinski definition) is 2. The third-order valence-corrected chi connectivity index (χ3v) is 8.46. The molecule has 2 atom stereocenters. The highest BCUT2D eigenvalue weighted by molar-refractivity contribution is 5.81. The Bertz CT molecular complexity index is 1650. The Morgan fingerprint density at radius 3 is 2.62 bits per heavy atom. The highest BCUT2D eigenvalue weighted by Gasteiger charge is 2.29. The summed E-state index contributed by atoms with van der Waals surface area (Å²) in [5.74, 6) is 1.77. The van der Waals surface area contributed by atoms with Gasteiger partial charge in [0.1, 0.15) is 11.3 Å². The van der Waals surface area contributed by atoms with Crippen molar-refractivity contribution in [2.24, 2.45) is 0 Å². The van der Waals surface area contributed by atoms with Crippen molar-refractivity contribution in [3.05, 3.63) is 76.7 Å². The predicted octanol–water partition coefficient (Wildman–Crippen LogP) is 6.17. The highest BCUT2D eigenvalue weighted by Crippen LogP contribution is 2.40. The molecule has 0 spiro atoms. The van der Waals surface area contributed by atoms with Crippen LogP contribution in [0.4, 0.5) is 0 Å². The number of tetrazole rings is 1. The van der Waals surface area contributed by atoms with Crippen LogP contribution in [0, 0.1) is 6.92 Å². The molecule has 8 heteroatoms. The van der Waals surface area contributed by atoms with Gasteiger partial charge in [-0.25, -0.2) is 15.1 Å². The summed E-state index contributed by atoms with van der Waals surface area (Å²) in [6, 6.07) is 17.4. The fraction of sp³-hybridized carbons (Fsp3) is 0.406. The molecular formula is C32H37N7O. The van der Waals surface area contributed by atoms with Crippen molar-refractivity contribution in [2.45, 2.75) is 84.3 Å². The van der Waals surface area contributed by atoms with Crippen molar-refractivity contribution < 1.29 is 5.11 Å². The molecule has 2 N–H and O–H groups in total. The second kappa shape index (κ2) is 10.6. The van der Waals surface area contributed by atoms with Crippen LogP contribution in [0.5, 0.6) is 0 Å². The fourth-order valence-corrected chi connectivity index (χ4v) is 6.00. The molecule has 5 aromatic rings. The molecule has 1 aliphatic rings. The van der Waals surface area contributed by atoms with E-state index in [4.69, 9.17) is 9.97 Å². The Kier molecular flexibility index (Phi) is 6.96. The molecule has 0 aliphatic heterocycles. The first-order valence-electron chi connectivity index (χ1n) is 14.4. The zero-order chi connectivity index (χ0) is 27.9. The third kappa shape index (κ3) is 4.81. The molecule has 0 saturated carbocycles. The number of fused-ring (bicyclic) bond motifs is 2. The molecule has 0 saturated heterocycles. The molecule has 3 heterocycles. The fourth-order valence-electron chi connectivity index (χ4n) is 6.00. The van der Waals surface area contributed by atoms with E-state index in [0.717, 1.165) is 83.5 Å². The van der Waals surface area contributed by atoms with Gasteiger partial charge in [0.05, 0.1) is 11.6 Å². The van der Waals surface area contributed by atoms with Crippen molar-refractivity contribution in [2.75, 3.05) is 0 Å². The van der Waals surface area contributed by atoms with Crippen LogP contribution in [-0.2, 0) is 19.3 Å². The van der Waals surface area contributed by atoms with Crippen LogP contribution in [0.3, 0.4) is 0 Å². The maximum Gasteiger partial charge on any atom is 0.180 e. The van der Waals surface area contributed by atoms with Crippen molar-refractivity contribution in [3.63, 3.8) is 0 Å². The lowest BCUT2D eigenvalue weighted by molar-refractivity contribution is 0.0471. The van der Waals surface area contributed by atoms with Gasteiger partial charge in [-0.3, -0.25) is 0 Å². The monoisotopic (exact) mass is 535 g/mol. The van der Waals surface area contributed by atoms with Gasteiger partial charge < -0.3 is 9.67 Å². The van der Waals surface area contributed by atoms with Crippen molar-refractivity contribution in [1.29, 1.82) is 0 Å². The smallest absolute Gasteiger partial charge is 0.180 e. The third-order valence-electron chi connectivity index (χ3n) is 8.46. The number of aromatic nitrogens is 7. The van der Waals surface area contributed by atoms with Crippen LogP contribution in [0.15, 0.2) is 48.5 Å². The summed E-state index contributed by atoms with van der Waals surface area (Å²) in [4.78, 5) is 10.3. The number of aliphatic hydroxyl groups is 1. The molecule has 0 fully saturated rings. The zero-order valence-corrected chi connectivity index (χ0v) is 23.8. The van der Waals surface area contributed by atoms with E-state index in [1.165, 1.54) is 11.1 Å². The molecule has 1 aliphatic carbocycles. The zero-order valence-electron chi connectivity index (χ0n) is 23.8. The summed E-state index contributed by atoms with van der Waals surface area (Å²) >= 11 is 0. The molecule has 2 aromatic carbocycles. The summed E-state index contributed by atoms with van der Waals surface area (Å²) in [6.07, 6.45) is 6.13. The number of hydrogen-bond acceptors (Lipinski definition) is 6. The standard InChI is InChI=1S/C32H37N7O/c1-5-9-28-34-29-20(3)18-23(16-17-32(4,40)6-2)33-31(29)39(28)27-15-13-22-19-21(12-14-25(22)27)24-10-7-8-11-26(24)30-35-37-38-36-30/h7-8,10-12,14,18-19,27,40H,5-6,9,13,15-17H2,1-4H3,(H,35,36,37,38)/t27-,32?/m0/s1. The Morgan fingerprint density at radius 1 is 1.05 bits per heavy atom. The van der Waals surface area contributed by atoms with E-state index in [1.54, 1.807) is 0 Å². The van der Waals surface area contributed by atoms with Crippen LogP contribution >= 0.6 is 0 Å². The highest BCUT2D eigenvalue weighted by atomic mass is 16.3. The quantitative estimate of drug-likeness (QED) is 0.234. The topological polar surface area (TPSA) is 105 Å². The molecular weight excluding hydrogens is 498 g/mol. The van der Waals surface area contributed by atoms with Gasteiger partial charge in [0.15, 0.2) is 11.5 Å². The molecule has 6 rings (SSSR count). The number of aromatic amines is 1. The van der Waals surface area contributed by atoms with Gasteiger partial charge in [-0.05, 0) is 96.7 Å². The minimum absolute atomic E-state index is 0.199. The van der Waals surface area contributed by atoms with Crippen LogP contribution in [0.25, 0.3) is 33.7 Å². The second-order valence-corrected chi connectivity index (χ2v) is 11.4. The molecule has 206 valence electrons. The summed E-state index contributed by atoms with van der Waals surface area (Å²) in [5, 5.41) is 25.2. The number of benzene rings is 2. The number of nitrogens with one attached hydrogen (secondary N) is 1. The molecule has 1 unspecified atom stereocenters. The van der Waals surface area contributed by atoms with Gasteiger partial charge in [-0.15, -0.1) is 5.10 Å². The van der Waals surface area contributed by atoms with E-state index in [0.29, 0.717) is 12.2 Å². The summed E-state index contributed by atoms with van der Waals surface area (Å²) < 4.78 is 2.41. The number of aryl methyl sites for hydroxylation is 4. The number of pyridine rings is 1. The van der Waals surface area contributed by atoms with E-state index in [9.17, 15) is 5.11 Å². The summed E-state index contributed by atoms with van der Waals surface area (Å²) in [6.45, 7) is 8.28. The Morgan fingerprint density at radius 2 is 1.88 bits per heavy atom. The number of imidazole rings is 1. The van der Waals surface area contributed by atoms with Crippen molar-refractivity contribution in [1.82, 2.24) is 35.2 Å². The predicted molar refractivity (Wildman–Crippen MR) is 157 cm³/mol. The molecule has 0 amide bonds. The van der Waals surface area contributed by atoms with Gasteiger partial charge in [-0.1, -0.05) is 56.3 Å². The lowest BCUT2D eigenvalue weighted by Gasteiger charge is -2.21. The minimum atomic E-state index is -0.678. The first-order valence-corrected chi connectivity index (χ1v) is 14.4. The maximum atomic E-state index is 10.6. The average Bonchev–Trinajstić information content (AvgIpc) is 3.71. The molecule has 3 aromatic heterocycles. The van der Waals surface area contributed by atoms with Crippen molar-refractivity contribution >= 4 is 11.2 Å². The number of rotatable bonds is 9. The minimum Gasteiger partial charge on any atom is -0.390 e. The van der Waals surface area contributed by atoms with E-state index in [2.05, 4.69) is 75.4 Å². The summed E-state index contributed by atoms with van der Waals surface area (Å²) in [7, 11) is 0. The summed E-state index contributed by atoms with van der Waals surface area (Å²) in [5.41, 5.74) is 9.43. The van der Waals surface area contributed by atoms with E-state index < -0.39 is 5.60 Å². The average molecular weight is 536 g/mol. The normalized spacial score (nSPS) is 16.4. The second-order valence-electron chi connectivity index (χ2n) is 11.4. The molecule has 8 nitrogen and oxygen atoms in total. The molecule has 40 heavy (non-hydrogen) atoms. The molecule has 0 bridgehead atoms. The van der Waals surface area contributed by atoms with Gasteiger partial charge in [0.25, 0.3) is 0 Å². The van der Waals surface area contributed by atoms with Gasteiger partial charge in [0, 0.05) is 17.7 Å². The maximum absolute atomic E-state index is 10.6. The molecule has 0 radical (unpaired) electrons. The Labute approximate surface area is 234 Å².